The van der Waals surface area contributed by atoms with Crippen LogP contribution in [0.15, 0.2) is 72.0 Å². The molecule has 0 bridgehead atoms. The van der Waals surface area contributed by atoms with Crippen molar-refractivity contribution in [2.24, 2.45) is 4.99 Å². The molecule has 124 valence electrons. The van der Waals surface area contributed by atoms with Gasteiger partial charge in [-0.1, -0.05) is 23.7 Å². The number of hydrogen-bond acceptors (Lipinski definition) is 4. The van der Waals surface area contributed by atoms with Gasteiger partial charge in [0.1, 0.15) is 0 Å². The Morgan fingerprint density at radius 2 is 1.84 bits per heavy atom. The second-order valence-electron chi connectivity index (χ2n) is 5.18. The van der Waals surface area contributed by atoms with E-state index in [9.17, 15) is 9.90 Å². The van der Waals surface area contributed by atoms with Gasteiger partial charge < -0.3 is 10.4 Å². The highest BCUT2D eigenvalue weighted by atomic mass is 35.5. The number of rotatable bonds is 5. The molecular formula is C19H14ClN3O2. The smallest absolute Gasteiger partial charge is 0.337 e. The first-order valence-corrected chi connectivity index (χ1v) is 7.84. The van der Waals surface area contributed by atoms with Crippen molar-refractivity contribution < 1.29 is 9.90 Å². The van der Waals surface area contributed by atoms with Gasteiger partial charge in [-0.15, -0.1) is 0 Å². The zero-order valence-corrected chi connectivity index (χ0v) is 13.8. The lowest BCUT2D eigenvalue weighted by Gasteiger charge is -2.12. The van der Waals surface area contributed by atoms with Crippen molar-refractivity contribution in [3.8, 4) is 0 Å². The number of para-hydroxylation sites is 1. The molecule has 0 aliphatic rings. The molecule has 0 aliphatic heterocycles. The molecule has 2 aromatic carbocycles. The summed E-state index contributed by atoms with van der Waals surface area (Å²) in [5, 5.41) is 13.0. The summed E-state index contributed by atoms with van der Waals surface area (Å²) < 4.78 is 0. The summed E-state index contributed by atoms with van der Waals surface area (Å²) in [4.78, 5) is 19.8. The van der Waals surface area contributed by atoms with E-state index in [4.69, 9.17) is 11.6 Å². The van der Waals surface area contributed by atoms with Gasteiger partial charge in [0.2, 0.25) is 0 Å². The Hall–Kier alpha value is -3.18. The van der Waals surface area contributed by atoms with Crippen molar-refractivity contribution in [1.29, 1.82) is 0 Å². The van der Waals surface area contributed by atoms with E-state index in [-0.39, 0.29) is 5.56 Å². The van der Waals surface area contributed by atoms with Crippen LogP contribution in [0.2, 0.25) is 5.02 Å². The van der Waals surface area contributed by atoms with Crippen LogP contribution < -0.4 is 5.32 Å². The number of aliphatic imine (C=N–C) groups is 1. The molecule has 0 aliphatic carbocycles. The Morgan fingerprint density at radius 1 is 1.08 bits per heavy atom. The number of nitrogens with zero attached hydrogens (tertiary/aromatic N) is 2. The molecule has 1 heterocycles. The molecule has 0 radical (unpaired) electrons. The summed E-state index contributed by atoms with van der Waals surface area (Å²) in [5.74, 6) is -1.00. The predicted octanol–water partition coefficient (Wildman–Crippen LogP) is 4.93. The molecule has 2 N–H and O–H groups in total. The average Bonchev–Trinajstić information content (AvgIpc) is 2.63. The first-order chi connectivity index (χ1) is 12.1. The van der Waals surface area contributed by atoms with Crippen LogP contribution in [0.4, 0.5) is 17.1 Å². The Morgan fingerprint density at radius 3 is 2.60 bits per heavy atom. The van der Waals surface area contributed by atoms with Crippen LogP contribution in [-0.2, 0) is 0 Å². The molecule has 0 saturated carbocycles. The second-order valence-corrected chi connectivity index (χ2v) is 5.61. The lowest BCUT2D eigenvalue weighted by molar-refractivity contribution is 0.0698. The summed E-state index contributed by atoms with van der Waals surface area (Å²) in [5.41, 5.74) is 2.82. The average molecular weight is 352 g/mol. The molecule has 0 fully saturated rings. The molecule has 0 spiro atoms. The third-order valence-electron chi connectivity index (χ3n) is 3.45. The fourth-order valence-corrected chi connectivity index (χ4v) is 2.40. The van der Waals surface area contributed by atoms with E-state index >= 15 is 0 Å². The van der Waals surface area contributed by atoms with E-state index in [1.165, 1.54) is 0 Å². The van der Waals surface area contributed by atoms with Gasteiger partial charge in [0, 0.05) is 23.6 Å². The van der Waals surface area contributed by atoms with Gasteiger partial charge in [-0.3, -0.25) is 9.98 Å². The van der Waals surface area contributed by atoms with Crippen LogP contribution in [0.3, 0.4) is 0 Å². The maximum Gasteiger partial charge on any atom is 0.337 e. The topological polar surface area (TPSA) is 74.6 Å². The molecule has 3 rings (SSSR count). The SMILES string of the molecule is O=C(O)c1ccccc1Nc1ccc(Cl)cc1/N=C/c1ccncc1. The maximum absolute atomic E-state index is 11.4. The number of aromatic carboxylic acids is 1. The van der Waals surface area contributed by atoms with Gasteiger partial charge in [-0.05, 0) is 48.0 Å². The van der Waals surface area contributed by atoms with E-state index < -0.39 is 5.97 Å². The van der Waals surface area contributed by atoms with Gasteiger partial charge >= 0.3 is 5.97 Å². The Bertz CT molecular complexity index is 927. The van der Waals surface area contributed by atoms with E-state index in [1.807, 2.05) is 12.1 Å². The maximum atomic E-state index is 11.4. The number of pyridine rings is 1. The van der Waals surface area contributed by atoms with Crippen LogP contribution in [0.5, 0.6) is 0 Å². The van der Waals surface area contributed by atoms with Crippen molar-refractivity contribution in [3.05, 3.63) is 83.1 Å². The molecule has 6 heteroatoms. The number of carboxylic acid groups (broad SMARTS) is 1. The minimum Gasteiger partial charge on any atom is -0.478 e. The van der Waals surface area contributed by atoms with Crippen molar-refractivity contribution in [3.63, 3.8) is 0 Å². The highest BCUT2D eigenvalue weighted by Gasteiger charge is 2.11. The summed E-state index contributed by atoms with van der Waals surface area (Å²) in [6, 6.07) is 15.6. The van der Waals surface area contributed by atoms with Crippen molar-refractivity contribution in [2.75, 3.05) is 5.32 Å². The van der Waals surface area contributed by atoms with Gasteiger partial charge in [-0.2, -0.15) is 0 Å². The van der Waals surface area contributed by atoms with Gasteiger partial charge in [-0.25, -0.2) is 4.79 Å². The normalized spacial score (nSPS) is 10.8. The second kappa shape index (κ2) is 7.59. The molecule has 3 aromatic rings. The Labute approximate surface area is 149 Å². The van der Waals surface area contributed by atoms with Crippen LogP contribution in [-0.4, -0.2) is 22.3 Å². The van der Waals surface area contributed by atoms with Crippen LogP contribution in [0.25, 0.3) is 0 Å². The molecule has 5 nitrogen and oxygen atoms in total. The molecule has 0 amide bonds. The Balaban J connectivity index is 1.95. The fourth-order valence-electron chi connectivity index (χ4n) is 2.23. The van der Waals surface area contributed by atoms with Gasteiger partial charge in [0.25, 0.3) is 0 Å². The minimum absolute atomic E-state index is 0.182. The van der Waals surface area contributed by atoms with E-state index in [0.29, 0.717) is 22.1 Å². The summed E-state index contributed by atoms with van der Waals surface area (Å²) in [6.45, 7) is 0. The number of anilines is 2. The standard InChI is InChI=1S/C19H14ClN3O2/c20-14-5-6-17(23-16-4-2-1-3-15(16)19(24)25)18(11-14)22-12-13-7-9-21-10-8-13/h1-12,23H,(H,24,25)/b22-12+. The van der Waals surface area contributed by atoms with E-state index in [2.05, 4.69) is 15.3 Å². The number of halogens is 1. The van der Waals surface area contributed by atoms with Crippen LogP contribution in [0.1, 0.15) is 15.9 Å². The van der Waals surface area contributed by atoms with Gasteiger partial charge in [0.15, 0.2) is 0 Å². The first-order valence-electron chi connectivity index (χ1n) is 7.46. The summed E-state index contributed by atoms with van der Waals surface area (Å²) in [6.07, 6.45) is 5.06. The van der Waals surface area contributed by atoms with Crippen molar-refractivity contribution in [1.82, 2.24) is 4.98 Å². The number of benzene rings is 2. The van der Waals surface area contributed by atoms with E-state index in [1.54, 1.807) is 61.1 Å². The largest absolute Gasteiger partial charge is 0.478 e. The van der Waals surface area contributed by atoms with Crippen molar-refractivity contribution >= 4 is 40.8 Å². The van der Waals surface area contributed by atoms with E-state index in [0.717, 1.165) is 5.56 Å². The van der Waals surface area contributed by atoms with Crippen molar-refractivity contribution in [2.45, 2.75) is 0 Å². The monoisotopic (exact) mass is 351 g/mol. The molecule has 0 atom stereocenters. The van der Waals surface area contributed by atoms with Gasteiger partial charge in [0.05, 0.1) is 22.6 Å². The highest BCUT2D eigenvalue weighted by Crippen LogP contribution is 2.32. The summed E-state index contributed by atoms with van der Waals surface area (Å²) >= 11 is 6.08. The first kappa shape index (κ1) is 16.7. The Kier molecular flexibility index (Phi) is 5.06. The quantitative estimate of drug-likeness (QED) is 0.639. The molecular weight excluding hydrogens is 338 g/mol. The number of hydrogen-bond donors (Lipinski definition) is 2. The highest BCUT2D eigenvalue weighted by molar-refractivity contribution is 6.31. The number of nitrogens with one attached hydrogen (secondary N) is 1. The van der Waals surface area contributed by atoms with Crippen LogP contribution in [0, 0.1) is 0 Å². The molecule has 0 unspecified atom stereocenters. The molecule has 0 saturated heterocycles. The molecule has 1 aromatic heterocycles. The lowest BCUT2D eigenvalue weighted by atomic mass is 10.1. The van der Waals surface area contributed by atoms with Crippen LogP contribution >= 0.6 is 11.6 Å². The summed E-state index contributed by atoms with van der Waals surface area (Å²) in [7, 11) is 0. The zero-order valence-electron chi connectivity index (χ0n) is 13.1. The minimum atomic E-state index is -1.00. The number of carboxylic acids is 1. The molecule has 25 heavy (non-hydrogen) atoms. The lowest BCUT2D eigenvalue weighted by Crippen LogP contribution is -2.02. The fraction of sp³-hybridized carbons (Fsp3) is 0. The zero-order chi connectivity index (χ0) is 17.6. The number of carbonyl (C=O) groups is 1. The third-order valence-corrected chi connectivity index (χ3v) is 3.68. The predicted molar refractivity (Wildman–Crippen MR) is 99.6 cm³/mol. The number of aromatic nitrogens is 1. The third kappa shape index (κ3) is 4.22.